The quantitative estimate of drug-likeness (QED) is 0.651. The van der Waals surface area contributed by atoms with Crippen LogP contribution in [0.15, 0.2) is 22.5 Å². The molecule has 0 spiro atoms. The average molecular weight is 295 g/mol. The minimum atomic E-state index is 0.726. The number of ether oxygens (including phenoxy) is 1. The minimum absolute atomic E-state index is 0.726. The first kappa shape index (κ1) is 14.3. The van der Waals surface area contributed by atoms with Gasteiger partial charge in [0, 0.05) is 18.6 Å². The molecule has 2 rings (SSSR count). The molecular weight excluding hydrogens is 278 g/mol. The Labute approximate surface area is 121 Å². The van der Waals surface area contributed by atoms with Crippen molar-refractivity contribution in [3.8, 4) is 0 Å². The topological polar surface area (TPSA) is 47.0 Å². The number of anilines is 2. The minimum Gasteiger partial charge on any atom is -0.384 e. The van der Waals surface area contributed by atoms with Crippen molar-refractivity contribution in [1.82, 2.24) is 10.2 Å². The molecule has 4 nitrogen and oxygen atoms in total. The number of nitrogens with zero attached hydrogens (tertiary/aromatic N) is 2. The van der Waals surface area contributed by atoms with Gasteiger partial charge in [0.2, 0.25) is 5.13 Å². The molecule has 0 fully saturated rings. The van der Waals surface area contributed by atoms with Crippen LogP contribution in [0.4, 0.5) is 10.8 Å². The van der Waals surface area contributed by atoms with E-state index in [-0.39, 0.29) is 0 Å². The third-order valence-corrected chi connectivity index (χ3v) is 4.70. The Hall–Kier alpha value is -1.11. The van der Waals surface area contributed by atoms with Crippen molar-refractivity contribution < 1.29 is 4.74 Å². The van der Waals surface area contributed by atoms with Crippen LogP contribution in [0.3, 0.4) is 0 Å². The smallest absolute Gasteiger partial charge is 0.210 e. The molecule has 0 amide bonds. The maximum absolute atomic E-state index is 5.01. The van der Waals surface area contributed by atoms with Crippen LogP contribution in [0.25, 0.3) is 0 Å². The Bertz CT molecular complexity index is 542. The lowest BCUT2D eigenvalue weighted by molar-refractivity contribution is 0.218. The van der Waals surface area contributed by atoms with Crippen LogP contribution in [0.5, 0.6) is 0 Å². The predicted molar refractivity (Wildman–Crippen MR) is 81.7 cm³/mol. The Morgan fingerprint density at radius 3 is 2.95 bits per heavy atom. The van der Waals surface area contributed by atoms with Gasteiger partial charge in [-0.15, -0.1) is 10.2 Å². The Kier molecular flexibility index (Phi) is 5.18. The van der Waals surface area contributed by atoms with Crippen LogP contribution >= 0.6 is 23.1 Å². The van der Waals surface area contributed by atoms with E-state index in [1.165, 1.54) is 11.1 Å². The van der Waals surface area contributed by atoms with E-state index in [0.29, 0.717) is 0 Å². The van der Waals surface area contributed by atoms with Gasteiger partial charge in [-0.25, -0.2) is 0 Å². The van der Waals surface area contributed by atoms with Crippen molar-refractivity contribution >= 4 is 33.9 Å². The van der Waals surface area contributed by atoms with E-state index in [1.54, 1.807) is 30.2 Å². The van der Waals surface area contributed by atoms with Gasteiger partial charge in [0.25, 0.3) is 0 Å². The third kappa shape index (κ3) is 3.92. The lowest BCUT2D eigenvalue weighted by Crippen LogP contribution is -1.94. The van der Waals surface area contributed by atoms with Gasteiger partial charge in [0.15, 0.2) is 4.34 Å². The van der Waals surface area contributed by atoms with Gasteiger partial charge in [0.05, 0.1) is 6.61 Å². The molecule has 2 aromatic rings. The molecule has 0 atom stereocenters. The molecule has 19 heavy (non-hydrogen) atoms. The summed E-state index contributed by atoms with van der Waals surface area (Å²) in [4.78, 5) is 0. The van der Waals surface area contributed by atoms with Crippen LogP contribution < -0.4 is 5.32 Å². The zero-order valence-electron chi connectivity index (χ0n) is 11.3. The molecule has 0 unspecified atom stereocenters. The van der Waals surface area contributed by atoms with Gasteiger partial charge in [-0.3, -0.25) is 0 Å². The van der Waals surface area contributed by atoms with E-state index in [2.05, 4.69) is 41.5 Å². The standard InChI is InChI=1S/C13H17N3OS2/c1-9-5-4-6-11(10(9)2)14-12-15-16-13(19-12)18-8-7-17-3/h4-6H,7-8H2,1-3H3,(H,14,15). The highest BCUT2D eigenvalue weighted by Crippen LogP contribution is 2.29. The zero-order chi connectivity index (χ0) is 13.7. The molecule has 0 radical (unpaired) electrons. The van der Waals surface area contributed by atoms with E-state index < -0.39 is 0 Å². The summed E-state index contributed by atoms with van der Waals surface area (Å²) in [6.07, 6.45) is 0. The third-order valence-electron chi connectivity index (χ3n) is 2.77. The molecular formula is C13H17N3OS2. The molecule has 0 bridgehead atoms. The molecule has 0 aliphatic rings. The normalized spacial score (nSPS) is 10.7. The van der Waals surface area contributed by atoms with Crippen molar-refractivity contribution in [2.45, 2.75) is 18.2 Å². The largest absolute Gasteiger partial charge is 0.384 e. The van der Waals surface area contributed by atoms with Crippen LogP contribution in [0, 0.1) is 13.8 Å². The Morgan fingerprint density at radius 1 is 1.32 bits per heavy atom. The molecule has 0 aliphatic carbocycles. The van der Waals surface area contributed by atoms with Crippen molar-refractivity contribution in [1.29, 1.82) is 0 Å². The molecule has 1 heterocycles. The van der Waals surface area contributed by atoms with E-state index in [4.69, 9.17) is 4.74 Å². The summed E-state index contributed by atoms with van der Waals surface area (Å²) in [5.74, 6) is 0.897. The monoisotopic (exact) mass is 295 g/mol. The van der Waals surface area contributed by atoms with Gasteiger partial charge in [-0.05, 0) is 31.0 Å². The first-order valence-corrected chi connectivity index (χ1v) is 7.79. The van der Waals surface area contributed by atoms with Gasteiger partial charge < -0.3 is 10.1 Å². The maximum Gasteiger partial charge on any atom is 0.210 e. The fraction of sp³-hybridized carbons (Fsp3) is 0.385. The van der Waals surface area contributed by atoms with E-state index in [9.17, 15) is 0 Å². The van der Waals surface area contributed by atoms with Crippen LogP contribution in [0.1, 0.15) is 11.1 Å². The Morgan fingerprint density at radius 2 is 2.16 bits per heavy atom. The second-order valence-corrected chi connectivity index (χ2v) is 6.41. The van der Waals surface area contributed by atoms with Gasteiger partial charge in [-0.2, -0.15) is 0 Å². The molecule has 6 heteroatoms. The highest BCUT2D eigenvalue weighted by atomic mass is 32.2. The van der Waals surface area contributed by atoms with Crippen molar-refractivity contribution in [2.75, 3.05) is 24.8 Å². The summed E-state index contributed by atoms with van der Waals surface area (Å²) in [5, 5.41) is 12.5. The van der Waals surface area contributed by atoms with E-state index in [0.717, 1.165) is 27.5 Å². The number of nitrogens with one attached hydrogen (secondary N) is 1. The molecule has 0 saturated heterocycles. The fourth-order valence-electron chi connectivity index (χ4n) is 1.53. The summed E-state index contributed by atoms with van der Waals surface area (Å²) in [7, 11) is 1.70. The molecule has 1 N–H and O–H groups in total. The highest BCUT2D eigenvalue weighted by molar-refractivity contribution is 8.01. The second-order valence-electron chi connectivity index (χ2n) is 4.09. The van der Waals surface area contributed by atoms with Crippen LogP contribution in [-0.4, -0.2) is 29.7 Å². The Balaban J connectivity index is 2.01. The lowest BCUT2D eigenvalue weighted by atomic mass is 10.1. The lowest BCUT2D eigenvalue weighted by Gasteiger charge is -2.08. The van der Waals surface area contributed by atoms with E-state index >= 15 is 0 Å². The van der Waals surface area contributed by atoms with Crippen molar-refractivity contribution in [3.05, 3.63) is 29.3 Å². The summed E-state index contributed by atoms with van der Waals surface area (Å²) in [5.41, 5.74) is 3.60. The SMILES string of the molecule is COCCSc1nnc(Nc2cccc(C)c2C)s1. The molecule has 0 saturated carbocycles. The zero-order valence-corrected chi connectivity index (χ0v) is 12.9. The van der Waals surface area contributed by atoms with Gasteiger partial charge in [0.1, 0.15) is 0 Å². The summed E-state index contributed by atoms with van der Waals surface area (Å²) in [6, 6.07) is 6.20. The first-order valence-electron chi connectivity index (χ1n) is 5.99. The summed E-state index contributed by atoms with van der Waals surface area (Å²) >= 11 is 3.23. The first-order chi connectivity index (χ1) is 9.20. The van der Waals surface area contributed by atoms with Gasteiger partial charge in [-0.1, -0.05) is 35.2 Å². The van der Waals surface area contributed by atoms with Crippen molar-refractivity contribution in [3.63, 3.8) is 0 Å². The average Bonchev–Trinajstić information content (AvgIpc) is 2.83. The number of benzene rings is 1. The summed E-state index contributed by atoms with van der Waals surface area (Å²) < 4.78 is 5.98. The predicted octanol–water partition coefficient (Wildman–Crippen LogP) is 3.64. The molecule has 1 aromatic heterocycles. The van der Waals surface area contributed by atoms with Crippen molar-refractivity contribution in [2.24, 2.45) is 0 Å². The van der Waals surface area contributed by atoms with E-state index in [1.807, 2.05) is 6.07 Å². The van der Waals surface area contributed by atoms with Crippen LogP contribution in [-0.2, 0) is 4.74 Å². The number of hydrogen-bond acceptors (Lipinski definition) is 6. The number of aryl methyl sites for hydroxylation is 1. The number of rotatable bonds is 6. The molecule has 1 aromatic carbocycles. The number of methoxy groups -OCH3 is 1. The maximum atomic E-state index is 5.01. The molecule has 0 aliphatic heterocycles. The highest BCUT2D eigenvalue weighted by Gasteiger charge is 2.07. The second kappa shape index (κ2) is 6.88. The van der Waals surface area contributed by atoms with Crippen LogP contribution in [0.2, 0.25) is 0 Å². The summed E-state index contributed by atoms with van der Waals surface area (Å²) in [6.45, 7) is 4.93. The number of aromatic nitrogens is 2. The fourth-order valence-corrected chi connectivity index (χ4v) is 3.27. The molecule has 102 valence electrons. The number of hydrogen-bond donors (Lipinski definition) is 1. The number of thioether (sulfide) groups is 1. The van der Waals surface area contributed by atoms with Gasteiger partial charge >= 0.3 is 0 Å².